The molecule has 0 fully saturated rings. The van der Waals surface area contributed by atoms with Crippen LogP contribution in [-0.4, -0.2) is 90.4 Å². The fourth-order valence-corrected chi connectivity index (χ4v) is 5.35. The van der Waals surface area contributed by atoms with Crippen LogP contribution in [-0.2, 0) is 4.79 Å². The monoisotopic (exact) mass is 602 g/mol. The van der Waals surface area contributed by atoms with Crippen molar-refractivity contribution in [2.45, 2.75) is 44.9 Å². The van der Waals surface area contributed by atoms with Crippen LogP contribution in [0.5, 0.6) is 0 Å². The molecule has 0 aliphatic carbocycles. The van der Waals surface area contributed by atoms with Crippen LogP contribution in [0.1, 0.15) is 86.4 Å². The van der Waals surface area contributed by atoms with E-state index in [0.29, 0.717) is 60.7 Å². The van der Waals surface area contributed by atoms with Crippen molar-refractivity contribution in [3.05, 3.63) is 46.5 Å². The lowest BCUT2D eigenvalue weighted by atomic mass is 9.86. The summed E-state index contributed by atoms with van der Waals surface area (Å²) in [5, 5.41) is 16.0. The molecule has 2 aromatic carbocycles. The molecular weight excluding hydrogens is 564 g/mol. The summed E-state index contributed by atoms with van der Waals surface area (Å²) in [6, 6.07) is 6.27. The number of halogens is 1. The summed E-state index contributed by atoms with van der Waals surface area (Å²) in [5.41, 5.74) is 8.26. The minimum Gasteiger partial charge on any atom is -0.330 e. The summed E-state index contributed by atoms with van der Waals surface area (Å²) in [6.07, 6.45) is 4.25. The SMILES string of the molecule is Cl.NCCCNCCCNCCCN1C(=O)c2ccc3c4c(ccc(c24)C1=O)C(=O)N(CCCCCC(=O)NO)C3=O. The molecule has 2 heterocycles. The number of rotatable bonds is 17. The van der Waals surface area contributed by atoms with Crippen LogP contribution in [0, 0.1) is 0 Å². The van der Waals surface area contributed by atoms with Crippen LogP contribution >= 0.6 is 12.4 Å². The fraction of sp³-hybridized carbons (Fsp3) is 0.483. The van der Waals surface area contributed by atoms with Crippen molar-refractivity contribution in [1.29, 1.82) is 0 Å². The number of carbonyl (C=O) groups excluding carboxylic acids is 5. The maximum Gasteiger partial charge on any atom is 0.261 e. The van der Waals surface area contributed by atoms with Gasteiger partial charge in [0.05, 0.1) is 0 Å². The molecule has 4 rings (SSSR count). The van der Waals surface area contributed by atoms with Crippen LogP contribution < -0.4 is 21.8 Å². The van der Waals surface area contributed by atoms with Gasteiger partial charge in [0.1, 0.15) is 0 Å². The highest BCUT2D eigenvalue weighted by atomic mass is 35.5. The maximum atomic E-state index is 13.4. The smallest absolute Gasteiger partial charge is 0.261 e. The average Bonchev–Trinajstić information content (AvgIpc) is 2.98. The normalized spacial score (nSPS) is 14.0. The molecule has 0 spiro atoms. The van der Waals surface area contributed by atoms with E-state index in [1.54, 1.807) is 29.7 Å². The number of benzene rings is 2. The van der Waals surface area contributed by atoms with Crippen molar-refractivity contribution in [1.82, 2.24) is 25.9 Å². The number of nitrogens with one attached hydrogen (secondary N) is 3. The molecule has 228 valence electrons. The standard InChI is InChI=1S/C29H38N6O6.ClH/c30-12-4-13-31-14-5-15-32-16-6-18-35-28(39)21-10-8-19-24-20(9-11-22(25(21)24)29(35)40)27(38)34(26(19)37)17-3-1-2-7-23(36)33-41;/h8-11,31-32,41H,1-7,12-18,30H2,(H,33,36);1H. The van der Waals surface area contributed by atoms with Crippen molar-refractivity contribution in [3.63, 3.8) is 0 Å². The van der Waals surface area contributed by atoms with E-state index in [0.717, 1.165) is 32.5 Å². The molecule has 42 heavy (non-hydrogen) atoms. The van der Waals surface area contributed by atoms with E-state index >= 15 is 0 Å². The third kappa shape index (κ3) is 7.13. The lowest BCUT2D eigenvalue weighted by Crippen LogP contribution is -2.44. The fourth-order valence-electron chi connectivity index (χ4n) is 5.35. The predicted octanol–water partition coefficient (Wildman–Crippen LogP) is 1.83. The average molecular weight is 603 g/mol. The van der Waals surface area contributed by atoms with Crippen molar-refractivity contribution < 1.29 is 29.2 Å². The van der Waals surface area contributed by atoms with E-state index in [1.165, 1.54) is 9.80 Å². The third-order valence-corrected chi connectivity index (χ3v) is 7.47. The third-order valence-electron chi connectivity index (χ3n) is 7.47. The molecule has 2 aromatic rings. The first-order valence-corrected chi connectivity index (χ1v) is 14.3. The Labute approximate surface area is 250 Å². The number of amides is 5. The summed E-state index contributed by atoms with van der Waals surface area (Å²) >= 11 is 0. The topological polar surface area (TPSA) is 174 Å². The zero-order chi connectivity index (χ0) is 29.4. The summed E-state index contributed by atoms with van der Waals surface area (Å²) in [7, 11) is 0. The first-order chi connectivity index (χ1) is 19.9. The van der Waals surface area contributed by atoms with Gasteiger partial charge in [0.2, 0.25) is 5.91 Å². The van der Waals surface area contributed by atoms with Gasteiger partial charge < -0.3 is 16.4 Å². The van der Waals surface area contributed by atoms with Gasteiger partial charge in [-0.2, -0.15) is 0 Å². The minimum atomic E-state index is -0.485. The van der Waals surface area contributed by atoms with Crippen LogP contribution in [0.25, 0.3) is 10.8 Å². The van der Waals surface area contributed by atoms with E-state index in [9.17, 15) is 24.0 Å². The first-order valence-electron chi connectivity index (χ1n) is 14.3. The van der Waals surface area contributed by atoms with Gasteiger partial charge in [0, 0.05) is 52.5 Å². The molecule has 0 unspecified atom stereocenters. The molecule has 2 aliphatic rings. The number of unbranched alkanes of at least 4 members (excludes halogenated alkanes) is 2. The second kappa shape index (κ2) is 15.7. The van der Waals surface area contributed by atoms with Gasteiger partial charge in [0.15, 0.2) is 0 Å². The molecule has 0 atom stereocenters. The van der Waals surface area contributed by atoms with Crippen molar-refractivity contribution in [2.24, 2.45) is 5.73 Å². The van der Waals surface area contributed by atoms with Gasteiger partial charge in [-0.1, -0.05) is 6.42 Å². The summed E-state index contributed by atoms with van der Waals surface area (Å²) in [4.78, 5) is 67.0. The minimum absolute atomic E-state index is 0. The summed E-state index contributed by atoms with van der Waals surface area (Å²) in [5.74, 6) is -2.28. The Morgan fingerprint density at radius 2 is 1.07 bits per heavy atom. The largest absolute Gasteiger partial charge is 0.330 e. The van der Waals surface area contributed by atoms with Crippen molar-refractivity contribution >= 4 is 52.7 Å². The maximum absolute atomic E-state index is 13.4. The second-order valence-electron chi connectivity index (χ2n) is 10.3. The number of hydrogen-bond donors (Lipinski definition) is 5. The number of imide groups is 2. The zero-order valence-electron chi connectivity index (χ0n) is 23.6. The highest BCUT2D eigenvalue weighted by molar-refractivity contribution is 6.33. The summed E-state index contributed by atoms with van der Waals surface area (Å²) in [6.45, 7) is 4.40. The van der Waals surface area contributed by atoms with Gasteiger partial charge in [-0.15, -0.1) is 12.4 Å². The molecule has 2 aliphatic heterocycles. The predicted molar refractivity (Wildman–Crippen MR) is 159 cm³/mol. The highest BCUT2D eigenvalue weighted by Gasteiger charge is 2.39. The summed E-state index contributed by atoms with van der Waals surface area (Å²) < 4.78 is 0. The van der Waals surface area contributed by atoms with Crippen LogP contribution in [0.15, 0.2) is 24.3 Å². The molecule has 5 amide bonds. The van der Waals surface area contributed by atoms with Crippen LogP contribution in [0.4, 0.5) is 0 Å². The first kappa shape index (κ1) is 33.1. The second-order valence-corrected chi connectivity index (χ2v) is 10.3. The van der Waals surface area contributed by atoms with Crippen LogP contribution in [0.2, 0.25) is 0 Å². The lowest BCUT2D eigenvalue weighted by molar-refractivity contribution is -0.129. The Morgan fingerprint density at radius 3 is 1.52 bits per heavy atom. The quantitative estimate of drug-likeness (QED) is 0.0783. The van der Waals surface area contributed by atoms with Gasteiger partial charge in [-0.25, -0.2) is 5.48 Å². The van der Waals surface area contributed by atoms with Crippen LogP contribution in [0.3, 0.4) is 0 Å². The zero-order valence-corrected chi connectivity index (χ0v) is 24.4. The van der Waals surface area contributed by atoms with Crippen molar-refractivity contribution in [3.8, 4) is 0 Å². The molecule has 0 radical (unpaired) electrons. The van der Waals surface area contributed by atoms with Crippen molar-refractivity contribution in [2.75, 3.05) is 45.8 Å². The Kier molecular flexibility index (Phi) is 12.4. The molecule has 0 saturated heterocycles. The van der Waals surface area contributed by atoms with Gasteiger partial charge in [0.25, 0.3) is 23.6 Å². The molecule has 0 saturated carbocycles. The Bertz CT molecular complexity index is 1260. The Hall–Kier alpha value is -3.42. The van der Waals surface area contributed by atoms with E-state index in [-0.39, 0.29) is 43.0 Å². The number of hydrogen-bond acceptors (Lipinski definition) is 9. The molecule has 0 aromatic heterocycles. The van der Waals surface area contributed by atoms with E-state index < -0.39 is 29.5 Å². The molecule has 13 heteroatoms. The Morgan fingerprint density at radius 1 is 0.643 bits per heavy atom. The van der Waals surface area contributed by atoms with Gasteiger partial charge in [-0.3, -0.25) is 39.0 Å². The van der Waals surface area contributed by atoms with Gasteiger partial charge >= 0.3 is 0 Å². The van der Waals surface area contributed by atoms with E-state index in [1.807, 2.05) is 0 Å². The van der Waals surface area contributed by atoms with E-state index in [2.05, 4.69) is 10.6 Å². The molecular formula is C29H39ClN6O6. The number of nitrogens with zero attached hydrogens (tertiary/aromatic N) is 2. The number of hydroxylamine groups is 1. The lowest BCUT2D eigenvalue weighted by Gasteiger charge is -2.32. The number of nitrogens with two attached hydrogens (primary N) is 1. The molecule has 12 nitrogen and oxygen atoms in total. The Balaban J connectivity index is 0.00000484. The molecule has 6 N–H and O–H groups in total. The molecule has 0 bridgehead atoms. The van der Waals surface area contributed by atoms with E-state index in [4.69, 9.17) is 10.9 Å². The highest BCUT2D eigenvalue weighted by Crippen LogP contribution is 2.37. The number of carbonyl (C=O) groups is 5. The van der Waals surface area contributed by atoms with Gasteiger partial charge in [-0.05, 0) is 89.1 Å².